The maximum atomic E-state index is 12.2. The molecule has 0 aromatic carbocycles. The van der Waals surface area contributed by atoms with Crippen LogP contribution in [0, 0.1) is 46.8 Å². The van der Waals surface area contributed by atoms with Crippen LogP contribution in [0.5, 0.6) is 0 Å². The van der Waals surface area contributed by atoms with Gasteiger partial charge in [0.2, 0.25) is 0 Å². The average Bonchev–Trinajstić information content (AvgIpc) is 2.67. The molecule has 0 aromatic rings. The van der Waals surface area contributed by atoms with Gasteiger partial charge >= 0.3 is 0 Å². The number of rotatable bonds is 0. The summed E-state index contributed by atoms with van der Waals surface area (Å²) in [6.07, 6.45) is 1.20. The topological polar surface area (TPSA) is 34.1 Å². The molecule has 0 spiro atoms. The molecule has 5 aliphatic carbocycles. The first-order chi connectivity index (χ1) is 6.67. The van der Waals surface area contributed by atoms with Crippen LogP contribution in [-0.2, 0) is 9.59 Å². The number of hydrogen-bond donors (Lipinski definition) is 0. The molecule has 0 unspecified atom stereocenters. The van der Waals surface area contributed by atoms with Crippen molar-refractivity contribution < 1.29 is 9.59 Å². The third kappa shape index (κ3) is 0.322. The van der Waals surface area contributed by atoms with Crippen molar-refractivity contribution in [1.82, 2.24) is 0 Å². The predicted molar refractivity (Wildman–Crippen MR) is 47.2 cm³/mol. The van der Waals surface area contributed by atoms with E-state index in [0.29, 0.717) is 35.2 Å². The maximum absolute atomic E-state index is 12.2. The lowest BCUT2D eigenvalue weighted by Gasteiger charge is -2.51. The molecule has 0 saturated heterocycles. The molecule has 2 bridgehead atoms. The highest BCUT2D eigenvalue weighted by atomic mass is 16.1. The molecule has 2 heteroatoms. The monoisotopic (exact) mass is 188 g/mol. The van der Waals surface area contributed by atoms with Crippen LogP contribution in [0.25, 0.3) is 0 Å². The third-order valence-corrected chi connectivity index (χ3v) is 6.42. The van der Waals surface area contributed by atoms with Gasteiger partial charge in [-0.2, -0.15) is 0 Å². The zero-order chi connectivity index (χ0) is 9.40. The Bertz CT molecular complexity index is 422. The molecule has 14 heavy (non-hydrogen) atoms. The third-order valence-electron chi connectivity index (χ3n) is 6.42. The van der Waals surface area contributed by atoms with Gasteiger partial charge < -0.3 is 0 Å². The molecule has 5 aliphatic rings. The van der Waals surface area contributed by atoms with Crippen LogP contribution in [0.1, 0.15) is 13.3 Å². The van der Waals surface area contributed by atoms with Crippen LogP contribution < -0.4 is 0 Å². The fraction of sp³-hybridized carbons (Fsp3) is 0.833. The summed E-state index contributed by atoms with van der Waals surface area (Å²) in [5.74, 6) is 4.00. The molecular formula is C12H12O2. The van der Waals surface area contributed by atoms with E-state index in [1.807, 2.05) is 0 Å². The van der Waals surface area contributed by atoms with Crippen LogP contribution in [0.2, 0.25) is 0 Å². The Hall–Kier alpha value is -0.660. The minimum absolute atomic E-state index is 0.166. The predicted octanol–water partition coefficient (Wildman–Crippen LogP) is 0.902. The minimum atomic E-state index is -0.182. The van der Waals surface area contributed by atoms with Gasteiger partial charge in [-0.3, -0.25) is 9.59 Å². The van der Waals surface area contributed by atoms with E-state index in [1.54, 1.807) is 0 Å². The number of carbonyl (C=O) groups is 2. The minimum Gasteiger partial charge on any atom is -0.299 e. The number of ketones is 2. The van der Waals surface area contributed by atoms with Crippen LogP contribution in [0.4, 0.5) is 0 Å². The first kappa shape index (κ1) is 6.76. The molecule has 8 atom stereocenters. The Morgan fingerprint density at radius 1 is 1.21 bits per heavy atom. The highest BCUT2D eigenvalue weighted by Gasteiger charge is 2.88. The van der Waals surface area contributed by atoms with E-state index < -0.39 is 0 Å². The molecular weight excluding hydrogens is 176 g/mol. The van der Waals surface area contributed by atoms with Gasteiger partial charge in [0.1, 0.15) is 11.6 Å². The number of fused-ring (bicyclic) bond motifs is 2. The van der Waals surface area contributed by atoms with Crippen molar-refractivity contribution in [2.24, 2.45) is 46.8 Å². The lowest BCUT2D eigenvalue weighted by molar-refractivity contribution is -0.158. The summed E-state index contributed by atoms with van der Waals surface area (Å²) in [7, 11) is 0. The average molecular weight is 188 g/mol. The van der Waals surface area contributed by atoms with Gasteiger partial charge in [-0.15, -0.1) is 0 Å². The molecule has 72 valence electrons. The van der Waals surface area contributed by atoms with Crippen LogP contribution in [0.3, 0.4) is 0 Å². The molecule has 5 saturated carbocycles. The van der Waals surface area contributed by atoms with Crippen molar-refractivity contribution >= 4 is 11.6 Å². The van der Waals surface area contributed by atoms with Gasteiger partial charge in [0.25, 0.3) is 0 Å². The van der Waals surface area contributed by atoms with Crippen LogP contribution in [-0.4, -0.2) is 11.6 Å². The molecule has 2 nitrogen and oxygen atoms in total. The zero-order valence-electron chi connectivity index (χ0n) is 8.07. The standard InChI is InChI=1S/C12H12O2/c1-12-8-4-2-3-5(6(4)11(12)14)10(13)9(12)7(3)8/h3-9H,2H2,1H3/t3-,4+,5-,6+,7-,8-,9+,12-/m0/s1. The van der Waals surface area contributed by atoms with Crippen LogP contribution in [0.15, 0.2) is 0 Å². The van der Waals surface area contributed by atoms with E-state index in [0.717, 1.165) is 0 Å². The normalized spacial score (nSPS) is 75.1. The Morgan fingerprint density at radius 2 is 2.00 bits per heavy atom. The zero-order valence-corrected chi connectivity index (χ0v) is 8.07. The fourth-order valence-electron chi connectivity index (χ4n) is 6.36. The lowest BCUT2D eigenvalue weighted by Crippen LogP contribution is -2.57. The SMILES string of the molecule is C[C@@]12C(=O)[C@@H]3[C@H]4C[C@H]5[C@@H]3C(=O)[C@H]1[C@@H]5[C@H]42. The van der Waals surface area contributed by atoms with Crippen molar-refractivity contribution in [2.45, 2.75) is 13.3 Å². The highest BCUT2D eigenvalue weighted by Crippen LogP contribution is 2.84. The Balaban J connectivity index is 1.93. The van der Waals surface area contributed by atoms with E-state index >= 15 is 0 Å². The molecule has 0 N–H and O–H groups in total. The number of hydrogen-bond acceptors (Lipinski definition) is 2. The van der Waals surface area contributed by atoms with Gasteiger partial charge in [-0.05, 0) is 30.1 Å². The Morgan fingerprint density at radius 3 is 2.79 bits per heavy atom. The van der Waals surface area contributed by atoms with E-state index in [1.165, 1.54) is 6.42 Å². The Kier molecular flexibility index (Phi) is 0.689. The second-order valence-electron chi connectivity index (χ2n) is 6.25. The molecule has 5 fully saturated rings. The summed E-state index contributed by atoms with van der Waals surface area (Å²) < 4.78 is 0. The molecule has 5 rings (SSSR count). The summed E-state index contributed by atoms with van der Waals surface area (Å²) in [6, 6.07) is 0. The molecule has 0 aliphatic heterocycles. The summed E-state index contributed by atoms with van der Waals surface area (Å²) >= 11 is 0. The van der Waals surface area contributed by atoms with E-state index in [-0.39, 0.29) is 23.2 Å². The molecule has 0 radical (unpaired) electrons. The van der Waals surface area contributed by atoms with E-state index in [9.17, 15) is 9.59 Å². The number of carbonyl (C=O) groups excluding carboxylic acids is 2. The van der Waals surface area contributed by atoms with Crippen molar-refractivity contribution in [3.8, 4) is 0 Å². The van der Waals surface area contributed by atoms with Gasteiger partial charge in [-0.25, -0.2) is 0 Å². The van der Waals surface area contributed by atoms with Crippen molar-refractivity contribution in [3.05, 3.63) is 0 Å². The fourth-order valence-corrected chi connectivity index (χ4v) is 6.36. The van der Waals surface area contributed by atoms with Crippen molar-refractivity contribution in [1.29, 1.82) is 0 Å². The first-order valence-corrected chi connectivity index (χ1v) is 5.75. The Labute approximate surface area is 82.0 Å². The summed E-state index contributed by atoms with van der Waals surface area (Å²) in [5.41, 5.74) is -0.182. The van der Waals surface area contributed by atoms with Gasteiger partial charge in [0.05, 0.1) is 0 Å². The molecule has 0 heterocycles. The lowest BCUT2D eigenvalue weighted by atomic mass is 9.49. The summed E-state index contributed by atoms with van der Waals surface area (Å²) in [4.78, 5) is 24.3. The second kappa shape index (κ2) is 1.43. The molecule has 0 aromatic heterocycles. The smallest absolute Gasteiger partial charge is 0.143 e. The van der Waals surface area contributed by atoms with E-state index in [4.69, 9.17) is 0 Å². The highest BCUT2D eigenvalue weighted by molar-refractivity contribution is 6.08. The van der Waals surface area contributed by atoms with E-state index in [2.05, 4.69) is 6.92 Å². The van der Waals surface area contributed by atoms with Gasteiger partial charge in [-0.1, -0.05) is 6.92 Å². The quantitative estimate of drug-likeness (QED) is 0.566. The first-order valence-electron chi connectivity index (χ1n) is 5.75. The van der Waals surface area contributed by atoms with Crippen molar-refractivity contribution in [2.75, 3.05) is 0 Å². The largest absolute Gasteiger partial charge is 0.299 e. The molecule has 0 amide bonds. The van der Waals surface area contributed by atoms with Crippen molar-refractivity contribution in [3.63, 3.8) is 0 Å². The van der Waals surface area contributed by atoms with Gasteiger partial charge in [0, 0.05) is 23.2 Å². The number of Topliss-reactive ketones (excluding diaryl/α,β-unsaturated/α-hetero) is 2. The summed E-state index contributed by atoms with van der Waals surface area (Å²) in [6.45, 7) is 2.08. The summed E-state index contributed by atoms with van der Waals surface area (Å²) in [5, 5.41) is 0. The second-order valence-corrected chi connectivity index (χ2v) is 6.25. The van der Waals surface area contributed by atoms with Gasteiger partial charge in [0.15, 0.2) is 0 Å². The maximum Gasteiger partial charge on any atom is 0.143 e. The van der Waals surface area contributed by atoms with Crippen LogP contribution >= 0.6 is 0 Å².